The summed E-state index contributed by atoms with van der Waals surface area (Å²) in [6.45, 7) is 4.28. The van der Waals surface area contributed by atoms with Gasteiger partial charge >= 0.3 is 0 Å². The summed E-state index contributed by atoms with van der Waals surface area (Å²) in [7, 11) is 1.96. The quantitative estimate of drug-likeness (QED) is 0.226. The van der Waals surface area contributed by atoms with Crippen molar-refractivity contribution >= 4 is 27.5 Å². The number of aromatic nitrogens is 5. The minimum Gasteiger partial charge on any atom is -0.334 e. The van der Waals surface area contributed by atoms with E-state index in [0.717, 1.165) is 43.8 Å². The predicted molar refractivity (Wildman–Crippen MR) is 174 cm³/mol. The molecule has 7 rings (SSSR count). The number of benzene rings is 3. The molecule has 44 heavy (non-hydrogen) atoms. The molecule has 3 aromatic heterocycles. The third-order valence-corrected chi connectivity index (χ3v) is 9.48. The van der Waals surface area contributed by atoms with Gasteiger partial charge in [0.2, 0.25) is 0 Å². The number of hydrogen-bond acceptors (Lipinski definition) is 4. The Hall–Kier alpha value is -4.76. The number of aryl methyl sites for hydroxylation is 2. The molecule has 0 saturated carbocycles. The maximum absolute atomic E-state index is 14.5. The molecule has 220 valence electrons. The maximum atomic E-state index is 14.5. The zero-order valence-corrected chi connectivity index (χ0v) is 26.3. The summed E-state index contributed by atoms with van der Waals surface area (Å²) in [5, 5.41) is 4.84. The lowest BCUT2D eigenvalue weighted by Gasteiger charge is -2.35. The van der Waals surface area contributed by atoms with Gasteiger partial charge in [-0.25, -0.2) is 9.50 Å². The molecule has 9 heteroatoms. The van der Waals surface area contributed by atoms with Gasteiger partial charge in [-0.1, -0.05) is 58.4 Å². The van der Waals surface area contributed by atoms with Crippen molar-refractivity contribution in [2.45, 2.75) is 39.3 Å². The maximum Gasteiger partial charge on any atom is 0.261 e. The van der Waals surface area contributed by atoms with Crippen LogP contribution < -0.4 is 5.56 Å². The van der Waals surface area contributed by atoms with Gasteiger partial charge < -0.3 is 9.47 Å². The van der Waals surface area contributed by atoms with Crippen LogP contribution in [0, 0.1) is 6.92 Å². The zero-order valence-electron chi connectivity index (χ0n) is 24.7. The lowest BCUT2D eigenvalue weighted by Crippen LogP contribution is -2.46. The Morgan fingerprint density at radius 1 is 1.02 bits per heavy atom. The summed E-state index contributed by atoms with van der Waals surface area (Å²) in [5.74, 6) is -0.0569. The van der Waals surface area contributed by atoms with Gasteiger partial charge in [0, 0.05) is 40.7 Å². The minimum atomic E-state index is -0.163. The van der Waals surface area contributed by atoms with Crippen LogP contribution in [0.1, 0.15) is 45.2 Å². The van der Waals surface area contributed by atoms with Crippen molar-refractivity contribution < 1.29 is 4.79 Å². The highest BCUT2D eigenvalue weighted by atomic mass is 79.9. The molecule has 1 amide bonds. The molecule has 0 fully saturated rings. The van der Waals surface area contributed by atoms with E-state index in [2.05, 4.69) is 33.0 Å². The number of nitrogens with zero attached hydrogens (tertiary/aromatic N) is 6. The smallest absolute Gasteiger partial charge is 0.261 e. The third-order valence-electron chi connectivity index (χ3n) is 8.59. The third kappa shape index (κ3) is 4.77. The molecule has 1 aliphatic rings. The molecule has 4 heterocycles. The van der Waals surface area contributed by atoms with Crippen molar-refractivity contribution in [2.75, 3.05) is 0 Å². The summed E-state index contributed by atoms with van der Waals surface area (Å²) in [6, 6.07) is 23.7. The minimum absolute atomic E-state index is 0.0569. The molecule has 8 nitrogen and oxygen atoms in total. The second kappa shape index (κ2) is 11.1. The summed E-state index contributed by atoms with van der Waals surface area (Å²) < 4.78 is 6.60. The van der Waals surface area contributed by atoms with E-state index >= 15 is 0 Å². The molecule has 6 aromatic rings. The number of imidazole rings is 1. The molecule has 0 spiro atoms. The van der Waals surface area contributed by atoms with Crippen LogP contribution in [-0.2, 0) is 26.4 Å². The standard InChI is InChI=1S/C35H31BrN6O2/c1-22-15-26(11-14-30(22)36)34(43)40-20-32-29(16-23(40)2)35(44)41(28-12-9-25(10-13-28)31-19-37-21-39(31)3)33-27(18-38-42(32)33)17-24-7-5-4-6-8-24/h4-15,18-19,21,23H,16-17,20H2,1-3H3. The molecule has 1 unspecified atom stereocenters. The normalized spacial score (nSPS) is 14.6. The molecular formula is C35H31BrN6O2. The number of carbonyl (C=O) groups excluding carboxylic acids is 1. The Balaban J connectivity index is 1.37. The van der Waals surface area contributed by atoms with E-state index in [1.807, 2.05) is 108 Å². The van der Waals surface area contributed by atoms with E-state index in [1.165, 1.54) is 0 Å². The van der Waals surface area contributed by atoms with E-state index in [-0.39, 0.29) is 17.5 Å². The van der Waals surface area contributed by atoms with E-state index in [1.54, 1.807) is 10.9 Å². The number of rotatable bonds is 5. The van der Waals surface area contributed by atoms with Crippen LogP contribution in [0.4, 0.5) is 0 Å². The first kappa shape index (κ1) is 28.0. The summed E-state index contributed by atoms with van der Waals surface area (Å²) in [6.07, 6.45) is 6.51. The number of halogens is 1. The average molecular weight is 648 g/mol. The molecule has 0 bridgehead atoms. The first-order valence-corrected chi connectivity index (χ1v) is 15.4. The van der Waals surface area contributed by atoms with Gasteiger partial charge in [-0.2, -0.15) is 5.10 Å². The number of amides is 1. The molecule has 0 saturated heterocycles. The second-order valence-electron chi connectivity index (χ2n) is 11.5. The molecule has 0 N–H and O–H groups in total. The first-order valence-electron chi connectivity index (χ1n) is 14.6. The van der Waals surface area contributed by atoms with Crippen LogP contribution in [0.5, 0.6) is 0 Å². The monoisotopic (exact) mass is 646 g/mol. The number of hydrogen-bond donors (Lipinski definition) is 0. The topological polar surface area (TPSA) is 77.4 Å². The molecule has 0 radical (unpaired) electrons. The van der Waals surface area contributed by atoms with E-state index in [9.17, 15) is 9.59 Å². The fraction of sp³-hybridized carbons (Fsp3) is 0.200. The molecule has 3 aromatic carbocycles. The van der Waals surface area contributed by atoms with E-state index < -0.39 is 0 Å². The van der Waals surface area contributed by atoms with E-state index in [0.29, 0.717) is 36.2 Å². The lowest BCUT2D eigenvalue weighted by atomic mass is 9.97. The Bertz CT molecular complexity index is 2090. The van der Waals surface area contributed by atoms with Crippen molar-refractivity contribution in [3.05, 3.63) is 140 Å². The van der Waals surface area contributed by atoms with Crippen LogP contribution >= 0.6 is 15.9 Å². The van der Waals surface area contributed by atoms with Crippen LogP contribution in [0.15, 0.2) is 101 Å². The van der Waals surface area contributed by atoms with E-state index in [4.69, 9.17) is 5.10 Å². The van der Waals surface area contributed by atoms with Gasteiger partial charge in [0.05, 0.1) is 42.3 Å². The Labute approximate surface area is 263 Å². The van der Waals surface area contributed by atoms with Crippen LogP contribution in [-0.4, -0.2) is 40.6 Å². The zero-order chi connectivity index (χ0) is 30.5. The van der Waals surface area contributed by atoms with Crippen LogP contribution in [0.3, 0.4) is 0 Å². The van der Waals surface area contributed by atoms with Gasteiger partial charge in [-0.05, 0) is 67.3 Å². The predicted octanol–water partition coefficient (Wildman–Crippen LogP) is 6.13. The lowest BCUT2D eigenvalue weighted by molar-refractivity contribution is 0.0651. The summed E-state index contributed by atoms with van der Waals surface area (Å²) >= 11 is 3.53. The van der Waals surface area contributed by atoms with Crippen LogP contribution in [0.25, 0.3) is 22.6 Å². The van der Waals surface area contributed by atoms with Crippen molar-refractivity contribution in [1.29, 1.82) is 0 Å². The second-order valence-corrected chi connectivity index (χ2v) is 12.4. The molecule has 0 aliphatic carbocycles. The summed E-state index contributed by atoms with van der Waals surface area (Å²) in [5.41, 5.74) is 8.55. The molecule has 1 aliphatic heterocycles. The number of fused-ring (bicyclic) bond motifs is 3. The highest BCUT2D eigenvalue weighted by molar-refractivity contribution is 9.10. The summed E-state index contributed by atoms with van der Waals surface area (Å²) in [4.78, 5) is 34.4. The van der Waals surface area contributed by atoms with Crippen molar-refractivity contribution in [1.82, 2.24) is 28.6 Å². The number of carbonyl (C=O) groups is 1. The largest absolute Gasteiger partial charge is 0.334 e. The molecule has 1 atom stereocenters. The molecular weight excluding hydrogens is 616 g/mol. The Morgan fingerprint density at radius 3 is 2.50 bits per heavy atom. The first-order chi connectivity index (χ1) is 21.3. The van der Waals surface area contributed by atoms with Crippen molar-refractivity contribution in [2.24, 2.45) is 7.05 Å². The fourth-order valence-corrected chi connectivity index (χ4v) is 6.44. The SMILES string of the molecule is Cc1cc(C(=O)N2Cc3c(c(=O)n(-c4ccc(-c5cncn5C)cc4)c4c(Cc5ccccc5)cnn34)CC2C)ccc1Br. The average Bonchev–Trinajstić information content (AvgIpc) is 3.65. The highest BCUT2D eigenvalue weighted by Gasteiger charge is 2.33. The highest BCUT2D eigenvalue weighted by Crippen LogP contribution is 2.29. The Morgan fingerprint density at radius 2 is 1.80 bits per heavy atom. The van der Waals surface area contributed by atoms with Crippen LogP contribution in [0.2, 0.25) is 0 Å². The van der Waals surface area contributed by atoms with Gasteiger partial charge in [-0.3, -0.25) is 14.2 Å². The van der Waals surface area contributed by atoms with Crippen molar-refractivity contribution in [3.63, 3.8) is 0 Å². The Kier molecular flexibility index (Phi) is 7.05. The van der Waals surface area contributed by atoms with Gasteiger partial charge in [0.25, 0.3) is 11.5 Å². The fourth-order valence-electron chi connectivity index (χ4n) is 6.20. The van der Waals surface area contributed by atoms with Gasteiger partial charge in [-0.15, -0.1) is 0 Å². The van der Waals surface area contributed by atoms with Gasteiger partial charge in [0.1, 0.15) is 5.65 Å². The van der Waals surface area contributed by atoms with Gasteiger partial charge in [0.15, 0.2) is 0 Å². The van der Waals surface area contributed by atoms with Crippen molar-refractivity contribution in [3.8, 4) is 16.9 Å².